The Kier molecular flexibility index (Phi) is 5.22. The van der Waals surface area contributed by atoms with Gasteiger partial charge in [-0.2, -0.15) is 0 Å². The lowest BCUT2D eigenvalue weighted by molar-refractivity contribution is 0.228. The fourth-order valence-electron chi connectivity index (χ4n) is 1.28. The zero-order chi connectivity index (χ0) is 12.0. The average molecular weight is 225 g/mol. The lowest BCUT2D eigenvalue weighted by atomic mass is 10.1. The largest absolute Gasteiger partial charge is 0.478 e. The molecular weight excluding hydrogens is 206 g/mol. The fourth-order valence-corrected chi connectivity index (χ4v) is 1.28. The monoisotopic (exact) mass is 225 g/mol. The van der Waals surface area contributed by atoms with Crippen LogP contribution in [0, 0.1) is 0 Å². The molecule has 90 valence electrons. The first-order valence-corrected chi connectivity index (χ1v) is 5.52. The molecule has 0 unspecified atom stereocenters. The van der Waals surface area contributed by atoms with Gasteiger partial charge in [-0.1, -0.05) is 13.8 Å². The van der Waals surface area contributed by atoms with E-state index in [-0.39, 0.29) is 13.2 Å². The Morgan fingerprint density at radius 1 is 1.31 bits per heavy atom. The minimum absolute atomic E-state index is 0.0153. The van der Waals surface area contributed by atoms with Gasteiger partial charge in [0.15, 0.2) is 0 Å². The van der Waals surface area contributed by atoms with E-state index in [2.05, 4.69) is 4.98 Å². The Hall–Kier alpha value is -1.13. The van der Waals surface area contributed by atoms with Crippen molar-refractivity contribution >= 4 is 0 Å². The summed E-state index contributed by atoms with van der Waals surface area (Å²) in [5, 5.41) is 17.8. The van der Waals surface area contributed by atoms with E-state index in [1.807, 2.05) is 19.9 Å². The highest BCUT2D eigenvalue weighted by Crippen LogP contribution is 2.19. The summed E-state index contributed by atoms with van der Waals surface area (Å²) in [5.74, 6) is 0.815. The molecule has 0 aliphatic heterocycles. The average Bonchev–Trinajstić information content (AvgIpc) is 2.29. The molecule has 1 aromatic heterocycles. The van der Waals surface area contributed by atoms with E-state index in [0.717, 1.165) is 11.3 Å². The number of aliphatic hydroxyl groups excluding tert-OH is 2. The van der Waals surface area contributed by atoms with E-state index in [1.54, 1.807) is 6.07 Å². The van der Waals surface area contributed by atoms with Gasteiger partial charge in [-0.3, -0.25) is 0 Å². The number of rotatable bonds is 6. The molecule has 1 heterocycles. The van der Waals surface area contributed by atoms with Gasteiger partial charge in [0, 0.05) is 24.8 Å². The van der Waals surface area contributed by atoms with Crippen LogP contribution in [0.15, 0.2) is 12.1 Å². The van der Waals surface area contributed by atoms with E-state index >= 15 is 0 Å². The third kappa shape index (κ3) is 3.79. The van der Waals surface area contributed by atoms with Crippen molar-refractivity contribution < 1.29 is 14.9 Å². The van der Waals surface area contributed by atoms with Gasteiger partial charge in [0.25, 0.3) is 0 Å². The second kappa shape index (κ2) is 6.45. The standard InChI is InChI=1S/C12H19NO3/c1-9(2)11-6-10(8-15)7-12(13-11)16-5-3-4-14/h6-7,9,14-15H,3-5,8H2,1-2H3. The predicted molar refractivity (Wildman–Crippen MR) is 61.4 cm³/mol. The molecule has 0 bridgehead atoms. The molecule has 0 aliphatic carbocycles. The Balaban J connectivity index is 2.78. The number of hydrogen-bond acceptors (Lipinski definition) is 4. The molecule has 1 rings (SSSR count). The maximum atomic E-state index is 9.12. The van der Waals surface area contributed by atoms with Crippen LogP contribution < -0.4 is 4.74 Å². The first-order valence-electron chi connectivity index (χ1n) is 5.52. The van der Waals surface area contributed by atoms with E-state index in [0.29, 0.717) is 24.8 Å². The van der Waals surface area contributed by atoms with Gasteiger partial charge >= 0.3 is 0 Å². The van der Waals surface area contributed by atoms with Gasteiger partial charge in [-0.15, -0.1) is 0 Å². The summed E-state index contributed by atoms with van der Waals surface area (Å²) < 4.78 is 5.40. The molecule has 4 heteroatoms. The maximum Gasteiger partial charge on any atom is 0.213 e. The van der Waals surface area contributed by atoms with Gasteiger partial charge in [0.05, 0.1) is 13.2 Å². The van der Waals surface area contributed by atoms with Crippen LogP contribution in [0.1, 0.15) is 37.4 Å². The van der Waals surface area contributed by atoms with Gasteiger partial charge < -0.3 is 14.9 Å². The van der Waals surface area contributed by atoms with Crippen LogP contribution in [-0.4, -0.2) is 28.4 Å². The van der Waals surface area contributed by atoms with Crippen LogP contribution in [0.25, 0.3) is 0 Å². The van der Waals surface area contributed by atoms with Crippen molar-refractivity contribution in [1.82, 2.24) is 4.98 Å². The molecule has 1 aromatic rings. The van der Waals surface area contributed by atoms with Crippen molar-refractivity contribution in [2.45, 2.75) is 32.8 Å². The van der Waals surface area contributed by atoms with Gasteiger partial charge in [-0.25, -0.2) is 4.98 Å². The smallest absolute Gasteiger partial charge is 0.213 e. The molecule has 0 atom stereocenters. The Bertz CT molecular complexity index is 326. The highest BCUT2D eigenvalue weighted by molar-refractivity contribution is 5.26. The van der Waals surface area contributed by atoms with E-state index in [1.165, 1.54) is 0 Å². The van der Waals surface area contributed by atoms with Crippen LogP contribution in [0.5, 0.6) is 5.88 Å². The van der Waals surface area contributed by atoms with Crippen molar-refractivity contribution in [3.63, 3.8) is 0 Å². The maximum absolute atomic E-state index is 9.12. The number of aliphatic hydroxyl groups is 2. The van der Waals surface area contributed by atoms with Gasteiger partial charge in [0.2, 0.25) is 5.88 Å². The topological polar surface area (TPSA) is 62.6 Å². The third-order valence-corrected chi connectivity index (χ3v) is 2.21. The van der Waals surface area contributed by atoms with Gasteiger partial charge in [-0.05, 0) is 17.5 Å². The highest BCUT2D eigenvalue weighted by atomic mass is 16.5. The van der Waals surface area contributed by atoms with Gasteiger partial charge in [0.1, 0.15) is 0 Å². The quantitative estimate of drug-likeness (QED) is 0.719. The van der Waals surface area contributed by atoms with Crippen LogP contribution in [0.2, 0.25) is 0 Å². The summed E-state index contributed by atoms with van der Waals surface area (Å²) in [6.45, 7) is 4.62. The van der Waals surface area contributed by atoms with E-state index in [4.69, 9.17) is 14.9 Å². The third-order valence-electron chi connectivity index (χ3n) is 2.21. The van der Waals surface area contributed by atoms with Crippen molar-refractivity contribution in [1.29, 1.82) is 0 Å². The molecule has 16 heavy (non-hydrogen) atoms. The molecule has 0 amide bonds. The molecule has 2 N–H and O–H groups in total. The number of pyridine rings is 1. The van der Waals surface area contributed by atoms with Crippen LogP contribution in [0.4, 0.5) is 0 Å². The Morgan fingerprint density at radius 2 is 2.06 bits per heavy atom. The predicted octanol–water partition coefficient (Wildman–Crippen LogP) is 1.46. The number of hydrogen-bond donors (Lipinski definition) is 2. The first-order chi connectivity index (χ1) is 7.67. The Morgan fingerprint density at radius 3 is 2.62 bits per heavy atom. The van der Waals surface area contributed by atoms with Crippen molar-refractivity contribution in [3.05, 3.63) is 23.4 Å². The molecule has 0 aromatic carbocycles. The summed E-state index contributed by atoms with van der Waals surface area (Å²) >= 11 is 0. The lowest BCUT2D eigenvalue weighted by Crippen LogP contribution is -2.04. The molecule has 0 spiro atoms. The number of aromatic nitrogens is 1. The van der Waals surface area contributed by atoms with Crippen molar-refractivity contribution in [2.75, 3.05) is 13.2 Å². The highest BCUT2D eigenvalue weighted by Gasteiger charge is 2.06. The first kappa shape index (κ1) is 12.9. The molecule has 0 saturated heterocycles. The number of nitrogens with zero attached hydrogens (tertiary/aromatic N) is 1. The van der Waals surface area contributed by atoms with Crippen molar-refractivity contribution in [3.8, 4) is 5.88 Å². The summed E-state index contributed by atoms with van der Waals surface area (Å²) in [6.07, 6.45) is 0.585. The van der Waals surface area contributed by atoms with Crippen LogP contribution in [0.3, 0.4) is 0 Å². The lowest BCUT2D eigenvalue weighted by Gasteiger charge is -2.10. The summed E-state index contributed by atoms with van der Waals surface area (Å²) in [6, 6.07) is 3.60. The zero-order valence-corrected chi connectivity index (χ0v) is 9.81. The molecule has 0 radical (unpaired) electrons. The normalized spacial score (nSPS) is 10.8. The van der Waals surface area contributed by atoms with Crippen molar-refractivity contribution in [2.24, 2.45) is 0 Å². The Labute approximate surface area is 95.9 Å². The minimum Gasteiger partial charge on any atom is -0.478 e. The second-order valence-electron chi connectivity index (χ2n) is 3.98. The molecule has 4 nitrogen and oxygen atoms in total. The van der Waals surface area contributed by atoms with E-state index < -0.39 is 0 Å². The summed E-state index contributed by atoms with van der Waals surface area (Å²) in [4.78, 5) is 4.34. The molecule has 0 saturated carbocycles. The van der Waals surface area contributed by atoms with Crippen LogP contribution in [-0.2, 0) is 6.61 Å². The minimum atomic E-state index is -0.0153. The molecule has 0 aliphatic rings. The molecular formula is C12H19NO3. The fraction of sp³-hybridized carbons (Fsp3) is 0.583. The summed E-state index contributed by atoms with van der Waals surface area (Å²) in [7, 11) is 0. The van der Waals surface area contributed by atoms with E-state index in [9.17, 15) is 0 Å². The number of ether oxygens (including phenoxy) is 1. The summed E-state index contributed by atoms with van der Waals surface area (Å²) in [5.41, 5.74) is 1.71. The second-order valence-corrected chi connectivity index (χ2v) is 3.98. The zero-order valence-electron chi connectivity index (χ0n) is 9.81. The SMILES string of the molecule is CC(C)c1cc(CO)cc(OCCCO)n1. The van der Waals surface area contributed by atoms with Crippen LogP contribution >= 0.6 is 0 Å². The molecule has 0 fully saturated rings.